The predicted molar refractivity (Wildman–Crippen MR) is 83.6 cm³/mol. The molecule has 1 atom stereocenters. The van der Waals surface area contributed by atoms with Gasteiger partial charge in [0.2, 0.25) is 5.91 Å². The number of carboxylic acid groups (broad SMARTS) is 1. The molecule has 0 fully saturated rings. The molecule has 2 aromatic rings. The lowest BCUT2D eigenvalue weighted by molar-refractivity contribution is -0.138. The SMILES string of the molecule is CC(C)C(=O)Nc1ncnc2c1ncn2CCC[C@H](N)C(=O)O. The van der Waals surface area contributed by atoms with Gasteiger partial charge in [0.1, 0.15) is 12.4 Å². The number of nitrogens with one attached hydrogen (secondary N) is 1. The van der Waals surface area contributed by atoms with Crippen LogP contribution in [0.25, 0.3) is 11.2 Å². The van der Waals surface area contributed by atoms with Crippen LogP contribution >= 0.6 is 0 Å². The second kappa shape index (κ2) is 7.14. The summed E-state index contributed by atoms with van der Waals surface area (Å²) in [5, 5.41) is 11.5. The van der Waals surface area contributed by atoms with Crippen molar-refractivity contribution in [3.8, 4) is 0 Å². The molecule has 0 bridgehead atoms. The smallest absolute Gasteiger partial charge is 0.320 e. The maximum atomic E-state index is 11.8. The number of nitrogens with two attached hydrogens (primary N) is 1. The maximum Gasteiger partial charge on any atom is 0.320 e. The van der Waals surface area contributed by atoms with Crippen LogP contribution in [-0.4, -0.2) is 42.5 Å². The first-order chi connectivity index (χ1) is 10.9. The lowest BCUT2D eigenvalue weighted by atomic mass is 10.2. The topological polar surface area (TPSA) is 136 Å². The predicted octanol–water partition coefficient (Wildman–Crippen LogP) is 0.613. The first-order valence-corrected chi connectivity index (χ1v) is 7.35. The molecule has 23 heavy (non-hydrogen) atoms. The third-order valence-electron chi connectivity index (χ3n) is 3.40. The van der Waals surface area contributed by atoms with E-state index in [9.17, 15) is 9.59 Å². The first-order valence-electron chi connectivity index (χ1n) is 7.35. The van der Waals surface area contributed by atoms with E-state index in [1.807, 2.05) is 0 Å². The van der Waals surface area contributed by atoms with Crippen molar-refractivity contribution in [1.82, 2.24) is 19.5 Å². The molecule has 0 radical (unpaired) electrons. The van der Waals surface area contributed by atoms with Gasteiger partial charge in [0.15, 0.2) is 17.0 Å². The summed E-state index contributed by atoms with van der Waals surface area (Å²) >= 11 is 0. The van der Waals surface area contributed by atoms with Crippen LogP contribution < -0.4 is 11.1 Å². The monoisotopic (exact) mass is 320 g/mol. The van der Waals surface area contributed by atoms with Crippen molar-refractivity contribution in [3.05, 3.63) is 12.7 Å². The third-order valence-corrected chi connectivity index (χ3v) is 3.40. The molecular weight excluding hydrogens is 300 g/mol. The van der Waals surface area contributed by atoms with Gasteiger partial charge in [-0.1, -0.05) is 13.8 Å². The van der Waals surface area contributed by atoms with Crippen LogP contribution in [0.1, 0.15) is 26.7 Å². The number of carbonyl (C=O) groups is 2. The number of hydrogen-bond donors (Lipinski definition) is 3. The zero-order chi connectivity index (χ0) is 17.0. The summed E-state index contributed by atoms with van der Waals surface area (Å²) in [5.41, 5.74) is 6.57. The van der Waals surface area contributed by atoms with Crippen molar-refractivity contribution in [2.75, 3.05) is 5.32 Å². The van der Waals surface area contributed by atoms with Crippen LogP contribution in [0.3, 0.4) is 0 Å². The number of amides is 1. The van der Waals surface area contributed by atoms with E-state index in [2.05, 4.69) is 20.3 Å². The fourth-order valence-corrected chi connectivity index (χ4v) is 2.00. The molecule has 4 N–H and O–H groups in total. The molecule has 0 aliphatic heterocycles. The second-order valence-electron chi connectivity index (χ2n) is 5.56. The van der Waals surface area contributed by atoms with Gasteiger partial charge in [0, 0.05) is 12.5 Å². The molecule has 2 aromatic heterocycles. The highest BCUT2D eigenvalue weighted by molar-refractivity contribution is 5.97. The van der Waals surface area contributed by atoms with Gasteiger partial charge in [-0.3, -0.25) is 9.59 Å². The van der Waals surface area contributed by atoms with Gasteiger partial charge in [-0.15, -0.1) is 0 Å². The molecule has 9 nitrogen and oxygen atoms in total. The molecule has 124 valence electrons. The van der Waals surface area contributed by atoms with E-state index in [1.54, 1.807) is 24.7 Å². The Bertz CT molecular complexity index is 712. The van der Waals surface area contributed by atoms with E-state index in [-0.39, 0.29) is 11.8 Å². The number of anilines is 1. The number of fused-ring (bicyclic) bond motifs is 1. The van der Waals surface area contributed by atoms with Crippen LogP contribution in [0.4, 0.5) is 5.82 Å². The quantitative estimate of drug-likeness (QED) is 0.680. The zero-order valence-corrected chi connectivity index (χ0v) is 13.1. The Labute approximate surface area is 132 Å². The van der Waals surface area contributed by atoms with Crippen LogP contribution in [0, 0.1) is 5.92 Å². The number of aryl methyl sites for hydroxylation is 1. The summed E-state index contributed by atoms with van der Waals surface area (Å²) in [6.07, 6.45) is 3.89. The Morgan fingerprint density at radius 1 is 1.35 bits per heavy atom. The number of imidazole rings is 1. The summed E-state index contributed by atoms with van der Waals surface area (Å²) in [6.45, 7) is 4.11. The van der Waals surface area contributed by atoms with Crippen molar-refractivity contribution in [2.24, 2.45) is 11.7 Å². The number of aliphatic carboxylic acids is 1. The Hall–Kier alpha value is -2.55. The molecule has 0 aliphatic rings. The minimum Gasteiger partial charge on any atom is -0.480 e. The standard InChI is InChI=1S/C14H20N6O3/c1-8(2)13(21)19-11-10-12(17-6-16-11)20(7-18-10)5-3-4-9(15)14(22)23/h6-9H,3-5,15H2,1-2H3,(H,22,23)(H,16,17,19,21)/t9-/m0/s1. The molecule has 0 spiro atoms. The van der Waals surface area contributed by atoms with Crippen LogP contribution in [0.5, 0.6) is 0 Å². The normalized spacial score (nSPS) is 12.5. The lowest BCUT2D eigenvalue weighted by Crippen LogP contribution is -2.30. The van der Waals surface area contributed by atoms with Gasteiger partial charge < -0.3 is 20.7 Å². The van der Waals surface area contributed by atoms with Crippen LogP contribution in [0.15, 0.2) is 12.7 Å². The second-order valence-corrected chi connectivity index (χ2v) is 5.56. The highest BCUT2D eigenvalue weighted by atomic mass is 16.4. The largest absolute Gasteiger partial charge is 0.480 e. The third kappa shape index (κ3) is 4.01. The molecular formula is C14H20N6O3. The molecule has 0 aromatic carbocycles. The Kier molecular flexibility index (Phi) is 5.22. The highest BCUT2D eigenvalue weighted by Crippen LogP contribution is 2.18. The van der Waals surface area contributed by atoms with E-state index in [1.165, 1.54) is 6.33 Å². The highest BCUT2D eigenvalue weighted by Gasteiger charge is 2.15. The fourth-order valence-electron chi connectivity index (χ4n) is 2.00. The molecule has 0 saturated heterocycles. The van der Waals surface area contributed by atoms with Crippen molar-refractivity contribution in [1.29, 1.82) is 0 Å². The summed E-state index contributed by atoms with van der Waals surface area (Å²) in [5.74, 6) is -0.956. The van der Waals surface area contributed by atoms with Crippen molar-refractivity contribution < 1.29 is 14.7 Å². The minimum atomic E-state index is -1.01. The average molecular weight is 320 g/mol. The van der Waals surface area contributed by atoms with Crippen LogP contribution in [0.2, 0.25) is 0 Å². The van der Waals surface area contributed by atoms with E-state index >= 15 is 0 Å². The Balaban J connectivity index is 2.12. The van der Waals surface area contributed by atoms with Gasteiger partial charge in [0.05, 0.1) is 6.33 Å². The van der Waals surface area contributed by atoms with Gasteiger partial charge in [-0.25, -0.2) is 15.0 Å². The lowest BCUT2D eigenvalue weighted by Gasteiger charge is -2.08. The van der Waals surface area contributed by atoms with Crippen molar-refractivity contribution in [2.45, 2.75) is 39.3 Å². The first kappa shape index (κ1) is 16.8. The summed E-state index contributed by atoms with van der Waals surface area (Å²) in [4.78, 5) is 35.0. The number of nitrogens with zero attached hydrogens (tertiary/aromatic N) is 4. The van der Waals surface area contributed by atoms with E-state index < -0.39 is 12.0 Å². The van der Waals surface area contributed by atoms with Crippen LogP contribution in [-0.2, 0) is 16.1 Å². The van der Waals surface area contributed by atoms with E-state index in [0.29, 0.717) is 36.4 Å². The van der Waals surface area contributed by atoms with Gasteiger partial charge >= 0.3 is 5.97 Å². The number of rotatable bonds is 7. The van der Waals surface area contributed by atoms with Crippen molar-refractivity contribution >= 4 is 28.9 Å². The molecule has 2 rings (SSSR count). The van der Waals surface area contributed by atoms with E-state index in [0.717, 1.165) is 0 Å². The molecule has 2 heterocycles. The Morgan fingerprint density at radius 3 is 2.74 bits per heavy atom. The number of carboxylic acids is 1. The maximum absolute atomic E-state index is 11.8. The fraction of sp³-hybridized carbons (Fsp3) is 0.500. The van der Waals surface area contributed by atoms with Gasteiger partial charge in [-0.2, -0.15) is 0 Å². The molecule has 9 heteroatoms. The summed E-state index contributed by atoms with van der Waals surface area (Å²) in [7, 11) is 0. The van der Waals surface area contributed by atoms with Gasteiger partial charge in [0.25, 0.3) is 0 Å². The summed E-state index contributed by atoms with van der Waals surface area (Å²) in [6, 6.07) is -0.875. The molecule has 0 saturated carbocycles. The number of carbonyl (C=O) groups excluding carboxylic acids is 1. The molecule has 0 unspecified atom stereocenters. The number of aromatic nitrogens is 4. The van der Waals surface area contributed by atoms with Gasteiger partial charge in [-0.05, 0) is 12.8 Å². The molecule has 0 aliphatic carbocycles. The molecule has 1 amide bonds. The van der Waals surface area contributed by atoms with Crippen molar-refractivity contribution in [3.63, 3.8) is 0 Å². The number of hydrogen-bond acceptors (Lipinski definition) is 6. The zero-order valence-electron chi connectivity index (χ0n) is 13.1. The average Bonchev–Trinajstić information content (AvgIpc) is 2.91. The minimum absolute atomic E-state index is 0.146. The Morgan fingerprint density at radius 2 is 2.09 bits per heavy atom. The van der Waals surface area contributed by atoms with E-state index in [4.69, 9.17) is 10.8 Å². The summed E-state index contributed by atoms with van der Waals surface area (Å²) < 4.78 is 1.79.